The summed E-state index contributed by atoms with van der Waals surface area (Å²) in [5, 5.41) is 0. The fourth-order valence-electron chi connectivity index (χ4n) is 0.750. The maximum absolute atomic E-state index is 12.8. The van der Waals surface area contributed by atoms with Crippen LogP contribution in [-0.2, 0) is 0 Å². The molecule has 0 aromatic rings. The second kappa shape index (κ2) is 4.73. The number of hydrogen-bond donors (Lipinski definition) is 0. The van der Waals surface area contributed by atoms with Crippen LogP contribution in [0.3, 0.4) is 0 Å². The highest BCUT2D eigenvalue weighted by atomic mass is 35.7. The Morgan fingerprint density at radius 3 is 1.05 bits per heavy atom. The average Bonchev–Trinajstić information content (AvgIpc) is 2.12. The van der Waals surface area contributed by atoms with E-state index in [0.717, 1.165) is 0 Å². The van der Waals surface area contributed by atoms with Crippen LogP contribution in [0, 0.1) is 0 Å². The van der Waals surface area contributed by atoms with Crippen LogP contribution >= 0.6 is 22.2 Å². The maximum atomic E-state index is 12.8. The lowest BCUT2D eigenvalue weighted by Gasteiger charge is -2.38. The van der Waals surface area contributed by atoms with Crippen molar-refractivity contribution in [2.45, 2.75) is 29.4 Å². The van der Waals surface area contributed by atoms with E-state index >= 15 is 0 Å². The zero-order valence-electron chi connectivity index (χ0n) is 8.29. The minimum atomic E-state index is -7.58. The van der Waals surface area contributed by atoms with Gasteiger partial charge in [0.2, 0.25) is 0 Å². The minimum Gasteiger partial charge on any atom is -0.201 e. The zero-order valence-corrected chi connectivity index (χ0v) is 10.8. The van der Waals surface area contributed by atoms with E-state index in [-0.39, 0.29) is 0 Å². The van der Waals surface area contributed by atoms with Crippen molar-refractivity contribution in [3.05, 3.63) is 0 Å². The topological polar surface area (TPSA) is 0 Å². The first kappa shape index (κ1) is 20.0. The third kappa shape index (κ3) is 2.55. The van der Waals surface area contributed by atoms with Crippen molar-refractivity contribution in [2.24, 2.45) is 0 Å². The van der Waals surface area contributed by atoms with Crippen molar-refractivity contribution in [1.29, 1.82) is 0 Å². The first-order valence-electron chi connectivity index (χ1n) is 3.90. The smallest absolute Gasteiger partial charge is 0.201 e. The second-order valence-electron chi connectivity index (χ2n) is 3.29. The molecule has 0 aliphatic rings. The molecule has 0 unspecified atom stereocenters. The summed E-state index contributed by atoms with van der Waals surface area (Å²) < 4.78 is 146. The van der Waals surface area contributed by atoms with Crippen molar-refractivity contribution in [1.82, 2.24) is 0 Å². The molecule has 0 rings (SSSR count). The largest absolute Gasteiger partial charge is 0.460 e. The van der Waals surface area contributed by atoms with Gasteiger partial charge in [-0.05, 0) is 0 Å². The van der Waals surface area contributed by atoms with Crippen LogP contribution in [0.4, 0.5) is 52.7 Å². The van der Waals surface area contributed by atoms with Gasteiger partial charge in [0, 0.05) is 0 Å². The summed E-state index contributed by atoms with van der Waals surface area (Å²) in [6.07, 6.45) is -7.25. The molecule has 0 spiro atoms. The molecular formula is C5Cl2F12Si. The zero-order chi connectivity index (χ0) is 17.0. The van der Waals surface area contributed by atoms with Gasteiger partial charge in [0.25, 0.3) is 0 Å². The second-order valence-corrected chi connectivity index (χ2v) is 9.62. The molecule has 0 aliphatic carbocycles. The lowest BCUT2D eigenvalue weighted by molar-refractivity contribution is -0.384. The number of rotatable bonds is 3. The van der Waals surface area contributed by atoms with Gasteiger partial charge < -0.3 is 0 Å². The Kier molecular flexibility index (Phi) is 4.72. The molecule has 0 radical (unpaired) electrons. The summed E-state index contributed by atoms with van der Waals surface area (Å²) in [6.45, 7) is -7.58. The molecule has 122 valence electrons. The first-order chi connectivity index (χ1) is 8.25. The van der Waals surface area contributed by atoms with Crippen LogP contribution in [0.25, 0.3) is 0 Å². The summed E-state index contributed by atoms with van der Waals surface area (Å²) in [7, 11) is 0. The molecule has 0 saturated carbocycles. The highest BCUT2D eigenvalue weighted by molar-refractivity contribution is 7.47. The minimum absolute atomic E-state index is 3.99. The molecule has 0 atom stereocenters. The predicted octanol–water partition coefficient (Wildman–Crippen LogP) is 5.02. The van der Waals surface area contributed by atoms with Crippen LogP contribution in [0.5, 0.6) is 0 Å². The highest BCUT2D eigenvalue weighted by Gasteiger charge is 2.90. The van der Waals surface area contributed by atoms with E-state index in [1.54, 1.807) is 0 Å². The van der Waals surface area contributed by atoms with Crippen LogP contribution in [0.2, 0.25) is 0 Å². The Balaban J connectivity index is 6.08. The van der Waals surface area contributed by atoms with E-state index in [4.69, 9.17) is 0 Å². The van der Waals surface area contributed by atoms with Crippen molar-refractivity contribution in [3.8, 4) is 0 Å². The quantitative estimate of drug-likeness (QED) is 0.363. The molecule has 0 amide bonds. The fraction of sp³-hybridized carbons (Fsp3) is 1.00. The molecule has 15 heteroatoms. The number of halogens is 14. The molecule has 0 bridgehead atoms. The average molecular weight is 387 g/mol. The normalized spacial score (nSPS) is 16.5. The lowest BCUT2D eigenvalue weighted by atomic mass is 10.1. The SMILES string of the molecule is FC(F)(F)C(F)(F)C(F)(F)C(F)(F)[Si](Cl)(Cl)C(F)(F)F. The van der Waals surface area contributed by atoms with Crippen LogP contribution < -0.4 is 0 Å². The van der Waals surface area contributed by atoms with Crippen LogP contribution in [0.1, 0.15) is 0 Å². The summed E-state index contributed by atoms with van der Waals surface area (Å²) in [5.74, 6) is -21.5. The van der Waals surface area contributed by atoms with E-state index in [1.807, 2.05) is 0 Å². The molecule has 0 aromatic heterocycles. The Hall–Kier alpha value is -0.0431. The van der Waals surface area contributed by atoms with Gasteiger partial charge in [-0.3, -0.25) is 0 Å². The fourth-order valence-corrected chi connectivity index (χ4v) is 2.37. The molecule has 0 aliphatic heterocycles. The van der Waals surface area contributed by atoms with Gasteiger partial charge in [0.05, 0.1) is 0 Å². The Morgan fingerprint density at radius 2 is 0.850 bits per heavy atom. The van der Waals surface area contributed by atoms with Crippen molar-refractivity contribution in [2.75, 3.05) is 0 Å². The Bertz CT molecular complexity index is 331. The Labute approximate surface area is 112 Å². The van der Waals surface area contributed by atoms with Crippen LogP contribution in [0.15, 0.2) is 0 Å². The van der Waals surface area contributed by atoms with Gasteiger partial charge in [0.1, 0.15) is 0 Å². The molecule has 0 nitrogen and oxygen atoms in total. The maximum Gasteiger partial charge on any atom is 0.460 e. The molecule has 0 fully saturated rings. The summed E-state index contributed by atoms with van der Waals surface area (Å²) >= 11 is 7.99. The highest BCUT2D eigenvalue weighted by Crippen LogP contribution is 2.59. The molecule has 0 N–H and O–H groups in total. The van der Waals surface area contributed by atoms with Gasteiger partial charge in [-0.25, -0.2) is 8.78 Å². The van der Waals surface area contributed by atoms with Gasteiger partial charge in [-0.1, -0.05) is 0 Å². The van der Waals surface area contributed by atoms with Gasteiger partial charge in [-0.15, -0.1) is 22.2 Å². The van der Waals surface area contributed by atoms with Gasteiger partial charge >= 0.3 is 36.1 Å². The van der Waals surface area contributed by atoms with Crippen molar-refractivity contribution < 1.29 is 52.7 Å². The molecule has 0 saturated heterocycles. The molecule has 20 heavy (non-hydrogen) atoms. The third-order valence-corrected chi connectivity index (χ3v) is 6.42. The van der Waals surface area contributed by atoms with E-state index < -0.39 is 36.1 Å². The monoisotopic (exact) mass is 386 g/mol. The molecule has 0 aromatic carbocycles. The third-order valence-electron chi connectivity index (χ3n) is 1.90. The Morgan fingerprint density at radius 1 is 0.550 bits per heavy atom. The van der Waals surface area contributed by atoms with Gasteiger partial charge in [-0.2, -0.15) is 43.9 Å². The van der Waals surface area contributed by atoms with Gasteiger partial charge in [0.15, 0.2) is 0 Å². The summed E-state index contributed by atoms with van der Waals surface area (Å²) in [6, 6.07) is 0. The first-order valence-corrected chi connectivity index (χ1v) is 7.92. The molecule has 0 heterocycles. The van der Waals surface area contributed by atoms with E-state index in [1.165, 1.54) is 0 Å². The van der Waals surface area contributed by atoms with Crippen LogP contribution in [-0.4, -0.2) is 36.1 Å². The summed E-state index contributed by atoms with van der Waals surface area (Å²) in [5.41, 5.74) is -7.04. The predicted molar refractivity (Wildman–Crippen MR) is 44.4 cm³/mol. The lowest BCUT2D eigenvalue weighted by Crippen LogP contribution is -2.71. The van der Waals surface area contributed by atoms with Crippen molar-refractivity contribution >= 4 is 28.9 Å². The van der Waals surface area contributed by atoms with E-state index in [9.17, 15) is 52.7 Å². The van der Waals surface area contributed by atoms with E-state index in [2.05, 4.69) is 22.2 Å². The van der Waals surface area contributed by atoms with Crippen molar-refractivity contribution in [3.63, 3.8) is 0 Å². The standard InChI is InChI=1S/C5Cl2F12Si/c6-20(7,5(17,18)19)4(15,16)2(10,11)1(8,9)3(12,13)14. The molecular weight excluding hydrogens is 387 g/mol. The van der Waals surface area contributed by atoms with E-state index in [0.29, 0.717) is 0 Å². The summed E-state index contributed by atoms with van der Waals surface area (Å²) in [4.78, 5) is 0. The number of hydrogen-bond acceptors (Lipinski definition) is 0. The number of alkyl halides is 12.